The zero-order valence-electron chi connectivity index (χ0n) is 18.4. The quantitative estimate of drug-likeness (QED) is 0.532. The van der Waals surface area contributed by atoms with Gasteiger partial charge in [0.25, 0.3) is 0 Å². The monoisotopic (exact) mass is 453 g/mol. The van der Waals surface area contributed by atoms with E-state index < -0.39 is 5.25 Å². The first-order valence-corrected chi connectivity index (χ1v) is 11.6. The second-order valence-electron chi connectivity index (χ2n) is 7.35. The number of amides is 1. The Morgan fingerprint density at radius 2 is 1.97 bits per heavy atom. The van der Waals surface area contributed by atoms with Gasteiger partial charge < -0.3 is 20.2 Å². The summed E-state index contributed by atoms with van der Waals surface area (Å²) in [6.07, 6.45) is 1.76. The average molecular weight is 454 g/mol. The summed E-state index contributed by atoms with van der Waals surface area (Å²) in [4.78, 5) is 13.4. The standard InChI is InChI=1S/C23H27N5O3S/c1-4-7-19-25-26-23-28(19)27-20(15-10-12-17(13-11-15)31-5-2)21(32-23)22(29)24-16-8-6-9-18(14-16)30-3/h6,8-14,20-21,27H,4-5,7H2,1-3H3,(H,24,29)/t20-,21+/m0/s1. The van der Waals surface area contributed by atoms with Gasteiger partial charge >= 0.3 is 0 Å². The van der Waals surface area contributed by atoms with Crippen molar-refractivity contribution in [2.75, 3.05) is 24.5 Å². The van der Waals surface area contributed by atoms with E-state index in [9.17, 15) is 4.79 Å². The van der Waals surface area contributed by atoms with Gasteiger partial charge in [0.1, 0.15) is 16.7 Å². The Hall–Kier alpha value is -3.20. The van der Waals surface area contributed by atoms with E-state index in [0.29, 0.717) is 23.2 Å². The third kappa shape index (κ3) is 4.67. The molecule has 3 aromatic rings. The van der Waals surface area contributed by atoms with Gasteiger partial charge in [0.2, 0.25) is 11.1 Å². The van der Waals surface area contributed by atoms with E-state index in [1.807, 2.05) is 54.1 Å². The molecule has 2 aromatic carbocycles. The van der Waals surface area contributed by atoms with Crippen molar-refractivity contribution in [2.45, 2.75) is 43.1 Å². The molecule has 0 saturated carbocycles. The summed E-state index contributed by atoms with van der Waals surface area (Å²) in [5, 5.41) is 11.9. The number of rotatable bonds is 8. The van der Waals surface area contributed by atoms with Crippen molar-refractivity contribution in [3.05, 3.63) is 59.9 Å². The SMILES string of the molecule is CCCc1nnc2n1N[C@@H](c1ccc(OCC)cc1)[C@H](C(=O)Nc1cccc(OC)c1)S2. The highest BCUT2D eigenvalue weighted by Gasteiger charge is 2.37. The molecule has 2 N–H and O–H groups in total. The number of fused-ring (bicyclic) bond motifs is 1. The molecule has 1 amide bonds. The molecular formula is C23H27N5O3S. The first-order chi connectivity index (χ1) is 15.6. The maximum Gasteiger partial charge on any atom is 0.240 e. The maximum absolute atomic E-state index is 13.4. The molecule has 32 heavy (non-hydrogen) atoms. The second-order valence-corrected chi connectivity index (χ2v) is 8.46. The summed E-state index contributed by atoms with van der Waals surface area (Å²) in [6, 6.07) is 14.9. The summed E-state index contributed by atoms with van der Waals surface area (Å²) in [7, 11) is 1.60. The molecule has 0 bridgehead atoms. The van der Waals surface area contributed by atoms with Crippen LogP contribution in [0.25, 0.3) is 0 Å². The Balaban J connectivity index is 1.64. The van der Waals surface area contributed by atoms with Crippen molar-refractivity contribution in [2.24, 2.45) is 0 Å². The second kappa shape index (κ2) is 9.95. The number of aromatic nitrogens is 3. The van der Waals surface area contributed by atoms with Crippen LogP contribution in [0.1, 0.15) is 37.7 Å². The third-order valence-corrected chi connectivity index (χ3v) is 6.34. The minimum Gasteiger partial charge on any atom is -0.497 e. The maximum atomic E-state index is 13.4. The fourth-order valence-corrected chi connectivity index (χ4v) is 4.69. The van der Waals surface area contributed by atoms with Crippen LogP contribution < -0.4 is 20.2 Å². The molecular weight excluding hydrogens is 426 g/mol. The van der Waals surface area contributed by atoms with E-state index in [1.165, 1.54) is 11.8 Å². The molecule has 0 unspecified atom stereocenters. The van der Waals surface area contributed by atoms with Gasteiger partial charge in [0, 0.05) is 18.2 Å². The van der Waals surface area contributed by atoms with Gasteiger partial charge in [-0.1, -0.05) is 36.9 Å². The number of hydrogen-bond acceptors (Lipinski definition) is 7. The van der Waals surface area contributed by atoms with E-state index in [1.54, 1.807) is 13.2 Å². The lowest BCUT2D eigenvalue weighted by molar-refractivity contribution is -0.116. The summed E-state index contributed by atoms with van der Waals surface area (Å²) in [5.41, 5.74) is 5.14. The van der Waals surface area contributed by atoms with Gasteiger partial charge in [-0.05, 0) is 43.2 Å². The molecule has 2 atom stereocenters. The lowest BCUT2D eigenvalue weighted by Gasteiger charge is -2.33. The molecule has 0 saturated heterocycles. The normalized spacial score (nSPS) is 17.2. The van der Waals surface area contributed by atoms with Crippen molar-refractivity contribution in [1.29, 1.82) is 0 Å². The number of ether oxygens (including phenoxy) is 2. The van der Waals surface area contributed by atoms with Crippen LogP contribution in [0, 0.1) is 0 Å². The van der Waals surface area contributed by atoms with E-state index in [0.717, 1.165) is 30.0 Å². The third-order valence-electron chi connectivity index (χ3n) is 5.12. The highest BCUT2D eigenvalue weighted by Crippen LogP contribution is 2.38. The van der Waals surface area contributed by atoms with Crippen molar-refractivity contribution in [3.63, 3.8) is 0 Å². The molecule has 2 heterocycles. The highest BCUT2D eigenvalue weighted by molar-refractivity contribution is 8.00. The Labute approximate surface area is 191 Å². The van der Waals surface area contributed by atoms with Crippen LogP contribution in [0.4, 0.5) is 5.69 Å². The molecule has 1 aliphatic rings. The predicted molar refractivity (Wildman–Crippen MR) is 125 cm³/mol. The zero-order chi connectivity index (χ0) is 22.5. The van der Waals surface area contributed by atoms with E-state index in [2.05, 4.69) is 27.9 Å². The van der Waals surface area contributed by atoms with Crippen molar-refractivity contribution in [1.82, 2.24) is 14.9 Å². The lowest BCUT2D eigenvalue weighted by Crippen LogP contribution is -2.41. The first kappa shape index (κ1) is 22.0. The molecule has 4 rings (SSSR count). The number of thioether (sulfide) groups is 1. The number of hydrogen-bond donors (Lipinski definition) is 2. The minimum atomic E-state index is -0.453. The van der Waals surface area contributed by atoms with Crippen LogP contribution in [0.15, 0.2) is 53.7 Å². The molecule has 0 aliphatic carbocycles. The smallest absolute Gasteiger partial charge is 0.240 e. The number of carbonyl (C=O) groups is 1. The van der Waals surface area contributed by atoms with Crippen LogP contribution in [-0.4, -0.2) is 39.7 Å². The molecule has 8 nitrogen and oxygen atoms in total. The largest absolute Gasteiger partial charge is 0.497 e. The predicted octanol–water partition coefficient (Wildman–Crippen LogP) is 4.04. The number of aryl methyl sites for hydroxylation is 1. The van der Waals surface area contributed by atoms with Gasteiger partial charge in [-0.3, -0.25) is 4.79 Å². The zero-order valence-corrected chi connectivity index (χ0v) is 19.2. The van der Waals surface area contributed by atoms with Gasteiger partial charge in [0.15, 0.2) is 5.82 Å². The molecule has 0 radical (unpaired) electrons. The number of nitrogens with zero attached hydrogens (tertiary/aromatic N) is 3. The van der Waals surface area contributed by atoms with Crippen molar-refractivity contribution >= 4 is 23.4 Å². The van der Waals surface area contributed by atoms with Crippen LogP contribution in [-0.2, 0) is 11.2 Å². The fraction of sp³-hybridized carbons (Fsp3) is 0.348. The van der Waals surface area contributed by atoms with Crippen LogP contribution in [0.3, 0.4) is 0 Å². The first-order valence-electron chi connectivity index (χ1n) is 10.7. The van der Waals surface area contributed by atoms with Crippen LogP contribution in [0.5, 0.6) is 11.5 Å². The summed E-state index contributed by atoms with van der Waals surface area (Å²) >= 11 is 1.41. The Morgan fingerprint density at radius 3 is 2.69 bits per heavy atom. The highest BCUT2D eigenvalue weighted by atomic mass is 32.2. The van der Waals surface area contributed by atoms with Gasteiger partial charge in [0.05, 0.1) is 19.8 Å². The minimum absolute atomic E-state index is 0.124. The summed E-state index contributed by atoms with van der Waals surface area (Å²) in [6.45, 7) is 4.66. The number of nitrogens with one attached hydrogen (secondary N) is 2. The summed E-state index contributed by atoms with van der Waals surface area (Å²) < 4.78 is 12.8. The van der Waals surface area contributed by atoms with Crippen LogP contribution in [0.2, 0.25) is 0 Å². The molecule has 1 aromatic heterocycles. The van der Waals surface area contributed by atoms with Gasteiger partial charge in [-0.15, -0.1) is 10.2 Å². The average Bonchev–Trinajstić information content (AvgIpc) is 3.21. The molecule has 0 fully saturated rings. The molecule has 9 heteroatoms. The fourth-order valence-electron chi connectivity index (χ4n) is 3.59. The topological polar surface area (TPSA) is 90.3 Å². The number of carbonyl (C=O) groups excluding carboxylic acids is 1. The Bertz CT molecular complexity index is 1070. The summed E-state index contributed by atoms with van der Waals surface area (Å²) in [5.74, 6) is 2.22. The van der Waals surface area contributed by atoms with E-state index in [4.69, 9.17) is 9.47 Å². The number of methoxy groups -OCH3 is 1. The Kier molecular flexibility index (Phi) is 6.84. The van der Waals surface area contributed by atoms with E-state index >= 15 is 0 Å². The van der Waals surface area contributed by atoms with Gasteiger partial charge in [-0.25, -0.2) is 4.68 Å². The molecule has 1 aliphatic heterocycles. The number of benzene rings is 2. The van der Waals surface area contributed by atoms with Gasteiger partial charge in [-0.2, -0.15) is 0 Å². The van der Waals surface area contributed by atoms with Crippen LogP contribution >= 0.6 is 11.8 Å². The lowest BCUT2D eigenvalue weighted by atomic mass is 10.0. The molecule has 0 spiro atoms. The van der Waals surface area contributed by atoms with E-state index in [-0.39, 0.29) is 11.9 Å². The number of anilines is 1. The Morgan fingerprint density at radius 1 is 1.16 bits per heavy atom. The van der Waals surface area contributed by atoms with Crippen molar-refractivity contribution in [3.8, 4) is 11.5 Å². The molecule has 168 valence electrons. The van der Waals surface area contributed by atoms with Crippen molar-refractivity contribution < 1.29 is 14.3 Å².